The molecule has 1 aromatic carbocycles. The largest absolute Gasteiger partial charge is 0.454 e. The Kier molecular flexibility index (Phi) is 2.53. The highest BCUT2D eigenvalue weighted by Crippen LogP contribution is 2.32. The summed E-state index contributed by atoms with van der Waals surface area (Å²) in [6, 6.07) is 7.74. The minimum Gasteiger partial charge on any atom is -0.454 e. The smallest absolute Gasteiger partial charge is 0.231 e. The summed E-state index contributed by atoms with van der Waals surface area (Å²) in [5.74, 6) is 1.85. The van der Waals surface area contributed by atoms with Crippen molar-refractivity contribution in [2.75, 3.05) is 12.5 Å². The van der Waals surface area contributed by atoms with Crippen LogP contribution in [0.25, 0.3) is 0 Å². The Bertz CT molecular complexity index is 685. The van der Waals surface area contributed by atoms with E-state index in [1.54, 1.807) is 11.6 Å². The van der Waals surface area contributed by atoms with Crippen LogP contribution in [0.5, 0.6) is 11.5 Å². The molecule has 6 nitrogen and oxygen atoms in total. The van der Waals surface area contributed by atoms with Gasteiger partial charge >= 0.3 is 0 Å². The molecule has 0 saturated carbocycles. The third-order valence-corrected chi connectivity index (χ3v) is 3.05. The van der Waals surface area contributed by atoms with Crippen LogP contribution >= 0.6 is 0 Å². The first-order valence-electron chi connectivity index (χ1n) is 5.80. The van der Waals surface area contributed by atoms with E-state index in [0.717, 1.165) is 17.1 Å². The number of ether oxygens (including phenoxy) is 2. The van der Waals surface area contributed by atoms with Gasteiger partial charge < -0.3 is 15.2 Å². The van der Waals surface area contributed by atoms with Crippen LogP contribution < -0.4 is 15.2 Å². The average molecular weight is 256 g/mol. The van der Waals surface area contributed by atoms with Gasteiger partial charge in [0.2, 0.25) is 6.79 Å². The lowest BCUT2D eigenvalue weighted by Gasteiger charge is -2.05. The number of fused-ring (bicyclic) bond motifs is 1. The molecule has 0 aliphatic carbocycles. The molecule has 0 amide bonds. The molecule has 19 heavy (non-hydrogen) atoms. The molecule has 1 aliphatic rings. The minimum atomic E-state index is 0.250. The summed E-state index contributed by atoms with van der Waals surface area (Å²) in [4.78, 5) is 0. The highest BCUT2D eigenvalue weighted by atomic mass is 16.7. The zero-order chi connectivity index (χ0) is 13.4. The highest BCUT2D eigenvalue weighted by Gasteiger charge is 2.15. The van der Waals surface area contributed by atoms with Crippen LogP contribution in [-0.2, 0) is 6.54 Å². The van der Waals surface area contributed by atoms with Crippen molar-refractivity contribution in [2.24, 2.45) is 0 Å². The minimum absolute atomic E-state index is 0.250. The molecule has 0 unspecified atom stereocenters. The van der Waals surface area contributed by atoms with E-state index in [0.29, 0.717) is 23.6 Å². The standard InChI is InChI=1S/C13H12N4O2/c1-8-10(5-14)13(15)17(16-8)6-9-2-3-11-12(4-9)19-7-18-11/h2-4H,6-7,15H2,1H3. The lowest BCUT2D eigenvalue weighted by molar-refractivity contribution is 0.174. The lowest BCUT2D eigenvalue weighted by Crippen LogP contribution is -2.06. The van der Waals surface area contributed by atoms with E-state index < -0.39 is 0 Å². The van der Waals surface area contributed by atoms with E-state index in [1.165, 1.54) is 0 Å². The Morgan fingerprint density at radius 1 is 1.42 bits per heavy atom. The van der Waals surface area contributed by atoms with Crippen molar-refractivity contribution in [3.8, 4) is 17.6 Å². The van der Waals surface area contributed by atoms with E-state index in [9.17, 15) is 0 Å². The topological polar surface area (TPSA) is 86.1 Å². The van der Waals surface area contributed by atoms with Gasteiger partial charge in [-0.3, -0.25) is 0 Å². The van der Waals surface area contributed by atoms with Crippen molar-refractivity contribution in [2.45, 2.75) is 13.5 Å². The number of aromatic nitrogens is 2. The molecule has 6 heteroatoms. The second-order valence-electron chi connectivity index (χ2n) is 4.30. The van der Waals surface area contributed by atoms with Crippen LogP contribution in [0.3, 0.4) is 0 Å². The Balaban J connectivity index is 1.92. The van der Waals surface area contributed by atoms with Crippen LogP contribution in [-0.4, -0.2) is 16.6 Å². The van der Waals surface area contributed by atoms with E-state index in [4.69, 9.17) is 20.5 Å². The number of nitrogen functional groups attached to an aromatic ring is 1. The van der Waals surface area contributed by atoms with Gasteiger partial charge in [-0.05, 0) is 24.6 Å². The van der Waals surface area contributed by atoms with Gasteiger partial charge in [0.25, 0.3) is 0 Å². The van der Waals surface area contributed by atoms with Crippen LogP contribution in [0.15, 0.2) is 18.2 Å². The van der Waals surface area contributed by atoms with Crippen LogP contribution in [0.1, 0.15) is 16.8 Å². The maximum atomic E-state index is 8.99. The number of anilines is 1. The number of rotatable bonds is 2. The van der Waals surface area contributed by atoms with Crippen molar-refractivity contribution < 1.29 is 9.47 Å². The number of hydrogen-bond donors (Lipinski definition) is 1. The van der Waals surface area contributed by atoms with Gasteiger partial charge in [-0.2, -0.15) is 10.4 Å². The molecular formula is C13H12N4O2. The Labute approximate surface area is 110 Å². The maximum Gasteiger partial charge on any atom is 0.231 e. The van der Waals surface area contributed by atoms with Crippen molar-refractivity contribution in [1.29, 1.82) is 5.26 Å². The molecule has 2 aromatic rings. The number of nitrogens with two attached hydrogens (primary N) is 1. The molecule has 2 N–H and O–H groups in total. The molecule has 0 fully saturated rings. The number of benzene rings is 1. The zero-order valence-corrected chi connectivity index (χ0v) is 10.4. The predicted molar refractivity (Wildman–Crippen MR) is 67.8 cm³/mol. The molecule has 3 rings (SSSR count). The third kappa shape index (κ3) is 1.85. The Morgan fingerprint density at radius 2 is 2.21 bits per heavy atom. The normalized spacial score (nSPS) is 12.4. The summed E-state index contributed by atoms with van der Waals surface area (Å²) in [5, 5.41) is 13.3. The fourth-order valence-electron chi connectivity index (χ4n) is 2.07. The van der Waals surface area contributed by atoms with Gasteiger partial charge in [0.15, 0.2) is 11.5 Å². The molecule has 1 aromatic heterocycles. The fourth-order valence-corrected chi connectivity index (χ4v) is 2.07. The van der Waals surface area contributed by atoms with E-state index in [2.05, 4.69) is 11.2 Å². The summed E-state index contributed by atoms with van der Waals surface area (Å²) >= 11 is 0. The molecule has 0 bridgehead atoms. The molecular weight excluding hydrogens is 244 g/mol. The van der Waals surface area contributed by atoms with Gasteiger partial charge in [-0.1, -0.05) is 6.07 Å². The lowest BCUT2D eigenvalue weighted by atomic mass is 10.2. The first-order chi connectivity index (χ1) is 9.19. The molecule has 96 valence electrons. The first-order valence-corrected chi connectivity index (χ1v) is 5.80. The SMILES string of the molecule is Cc1nn(Cc2ccc3c(c2)OCO3)c(N)c1C#N. The molecule has 0 atom stereocenters. The zero-order valence-electron chi connectivity index (χ0n) is 10.4. The van der Waals surface area contributed by atoms with E-state index in [-0.39, 0.29) is 6.79 Å². The van der Waals surface area contributed by atoms with Crippen molar-refractivity contribution in [3.05, 3.63) is 35.0 Å². The molecule has 0 spiro atoms. The van der Waals surface area contributed by atoms with Gasteiger partial charge in [0, 0.05) is 0 Å². The summed E-state index contributed by atoms with van der Waals surface area (Å²) in [6.07, 6.45) is 0. The number of nitrogens with zero attached hydrogens (tertiary/aromatic N) is 3. The highest BCUT2D eigenvalue weighted by molar-refractivity contribution is 5.52. The first kappa shape index (κ1) is 11.4. The summed E-state index contributed by atoms with van der Waals surface area (Å²) in [6.45, 7) is 2.51. The van der Waals surface area contributed by atoms with Crippen LogP contribution in [0.2, 0.25) is 0 Å². The summed E-state index contributed by atoms with van der Waals surface area (Å²) < 4.78 is 12.2. The van der Waals surface area contributed by atoms with Crippen LogP contribution in [0.4, 0.5) is 5.82 Å². The molecule has 2 heterocycles. The maximum absolute atomic E-state index is 8.99. The second-order valence-corrected chi connectivity index (χ2v) is 4.30. The monoisotopic (exact) mass is 256 g/mol. The number of nitriles is 1. The van der Waals surface area contributed by atoms with Gasteiger partial charge in [-0.15, -0.1) is 0 Å². The molecule has 0 saturated heterocycles. The number of hydrogen-bond acceptors (Lipinski definition) is 5. The molecule has 1 aliphatic heterocycles. The average Bonchev–Trinajstić information content (AvgIpc) is 2.95. The second kappa shape index (κ2) is 4.21. The summed E-state index contributed by atoms with van der Waals surface area (Å²) in [7, 11) is 0. The van der Waals surface area contributed by atoms with Crippen molar-refractivity contribution in [1.82, 2.24) is 9.78 Å². The van der Waals surface area contributed by atoms with E-state index >= 15 is 0 Å². The van der Waals surface area contributed by atoms with Crippen molar-refractivity contribution in [3.63, 3.8) is 0 Å². The van der Waals surface area contributed by atoms with Gasteiger partial charge in [-0.25, -0.2) is 4.68 Å². The number of aryl methyl sites for hydroxylation is 1. The van der Waals surface area contributed by atoms with Crippen molar-refractivity contribution >= 4 is 5.82 Å². The fraction of sp³-hybridized carbons (Fsp3) is 0.231. The van der Waals surface area contributed by atoms with Gasteiger partial charge in [0.05, 0.1) is 12.2 Å². The Hall–Kier alpha value is -2.68. The summed E-state index contributed by atoms with van der Waals surface area (Å²) in [5.41, 5.74) is 7.96. The quantitative estimate of drug-likeness (QED) is 0.878. The third-order valence-electron chi connectivity index (χ3n) is 3.05. The predicted octanol–water partition coefficient (Wildman–Crippen LogP) is 1.42. The Morgan fingerprint density at radius 3 is 2.95 bits per heavy atom. The molecule has 0 radical (unpaired) electrons. The van der Waals surface area contributed by atoms with E-state index in [1.807, 2.05) is 18.2 Å². The van der Waals surface area contributed by atoms with Crippen LogP contribution in [0, 0.1) is 18.3 Å². The van der Waals surface area contributed by atoms with Gasteiger partial charge in [0.1, 0.15) is 17.5 Å².